The van der Waals surface area contributed by atoms with E-state index in [1.54, 1.807) is 0 Å². The molecule has 0 unspecified atom stereocenters. The quantitative estimate of drug-likeness (QED) is 0.480. The van der Waals surface area contributed by atoms with Gasteiger partial charge in [-0.25, -0.2) is 8.78 Å². The molecule has 178 valence electrons. The average molecular weight is 462 g/mol. The summed E-state index contributed by atoms with van der Waals surface area (Å²) in [6, 6.07) is 22.4. The third-order valence-electron chi connectivity index (χ3n) is 8.33. The van der Waals surface area contributed by atoms with E-state index in [1.807, 2.05) is 24.3 Å². The lowest BCUT2D eigenvalue weighted by Gasteiger charge is -2.47. The van der Waals surface area contributed by atoms with Crippen molar-refractivity contribution < 1.29 is 13.9 Å². The summed E-state index contributed by atoms with van der Waals surface area (Å²) < 4.78 is 27.3. The molecule has 0 aromatic heterocycles. The molecular weight excluding hydrogens is 428 g/mol. The van der Waals surface area contributed by atoms with E-state index in [2.05, 4.69) is 36.1 Å². The first-order valence-electron chi connectivity index (χ1n) is 12.4. The predicted molar refractivity (Wildman–Crippen MR) is 132 cm³/mol. The number of aliphatic hydroxyl groups is 1. The van der Waals surface area contributed by atoms with Crippen LogP contribution in [0.2, 0.25) is 0 Å². The van der Waals surface area contributed by atoms with Crippen molar-refractivity contribution >= 4 is 0 Å². The van der Waals surface area contributed by atoms with Gasteiger partial charge in [0, 0.05) is 24.5 Å². The minimum Gasteiger partial charge on any atom is -0.385 e. The Hall–Kier alpha value is -2.56. The van der Waals surface area contributed by atoms with Crippen LogP contribution < -0.4 is 0 Å². The second-order valence-electron chi connectivity index (χ2n) is 10.3. The Morgan fingerprint density at radius 1 is 0.676 bits per heavy atom. The van der Waals surface area contributed by atoms with Crippen molar-refractivity contribution in [1.82, 2.24) is 4.90 Å². The zero-order chi connectivity index (χ0) is 23.8. The van der Waals surface area contributed by atoms with Gasteiger partial charge in [0.15, 0.2) is 0 Å². The summed E-state index contributed by atoms with van der Waals surface area (Å²) in [5.41, 5.74) is 3.46. The number of piperidine rings is 1. The van der Waals surface area contributed by atoms with Crippen LogP contribution in [0.15, 0.2) is 72.8 Å². The molecule has 1 saturated heterocycles. The van der Waals surface area contributed by atoms with E-state index in [0.29, 0.717) is 6.04 Å². The summed E-state index contributed by atoms with van der Waals surface area (Å²) in [6.45, 7) is 3.84. The van der Waals surface area contributed by atoms with E-state index in [0.717, 1.165) is 68.3 Å². The molecule has 1 saturated carbocycles. The number of hydrogen-bond acceptors (Lipinski definition) is 2. The highest BCUT2D eigenvalue weighted by Crippen LogP contribution is 2.46. The summed E-state index contributed by atoms with van der Waals surface area (Å²) in [6.07, 6.45) is 5.41. The van der Waals surface area contributed by atoms with Gasteiger partial charge in [-0.2, -0.15) is 0 Å². The molecule has 3 aromatic rings. The molecule has 5 rings (SSSR count). The van der Waals surface area contributed by atoms with Crippen LogP contribution in [0.5, 0.6) is 0 Å². The number of hydrogen-bond donors (Lipinski definition) is 1. The molecule has 3 aromatic carbocycles. The Morgan fingerprint density at radius 3 is 1.59 bits per heavy atom. The minimum atomic E-state index is -0.745. The van der Waals surface area contributed by atoms with Crippen LogP contribution in [0.3, 0.4) is 0 Å². The summed E-state index contributed by atoms with van der Waals surface area (Å²) in [5, 5.41) is 11.3. The van der Waals surface area contributed by atoms with Crippen molar-refractivity contribution in [2.75, 3.05) is 13.1 Å². The van der Waals surface area contributed by atoms with Crippen molar-refractivity contribution in [1.29, 1.82) is 0 Å². The predicted octanol–water partition coefficient (Wildman–Crippen LogP) is 6.49. The maximum absolute atomic E-state index is 13.7. The highest BCUT2D eigenvalue weighted by Gasteiger charge is 2.42. The standard InChI is InChI=1S/C30H33F2NO/c1-22-2-4-25(5-3-22)30(34)18-20-33(21-19-30)28-14-16-29(17-15-28,23-6-10-26(31)11-7-23)24-8-12-27(32)13-9-24/h2-13,28,34H,14-21H2,1H3. The Morgan fingerprint density at radius 2 is 1.12 bits per heavy atom. The van der Waals surface area contributed by atoms with E-state index in [-0.39, 0.29) is 17.0 Å². The first kappa shape index (κ1) is 23.2. The van der Waals surface area contributed by atoms with Crippen molar-refractivity contribution in [3.05, 3.63) is 107 Å². The molecule has 2 fully saturated rings. The topological polar surface area (TPSA) is 23.5 Å². The molecule has 0 atom stereocenters. The normalized spacial score (nSPS) is 20.8. The van der Waals surface area contributed by atoms with E-state index >= 15 is 0 Å². The van der Waals surface area contributed by atoms with Crippen molar-refractivity contribution in [3.8, 4) is 0 Å². The molecule has 2 nitrogen and oxygen atoms in total. The van der Waals surface area contributed by atoms with Crippen LogP contribution in [0.4, 0.5) is 8.78 Å². The van der Waals surface area contributed by atoms with Crippen LogP contribution >= 0.6 is 0 Å². The number of benzene rings is 3. The van der Waals surface area contributed by atoms with E-state index in [4.69, 9.17) is 0 Å². The molecule has 2 aliphatic rings. The molecule has 0 amide bonds. The van der Waals surface area contributed by atoms with Gasteiger partial charge in [-0.15, -0.1) is 0 Å². The second-order valence-corrected chi connectivity index (χ2v) is 10.3. The smallest absolute Gasteiger partial charge is 0.123 e. The average Bonchev–Trinajstić information content (AvgIpc) is 2.86. The number of aryl methyl sites for hydroxylation is 1. The molecular formula is C30H33F2NO. The van der Waals surface area contributed by atoms with E-state index in [9.17, 15) is 13.9 Å². The van der Waals surface area contributed by atoms with Crippen LogP contribution in [-0.2, 0) is 11.0 Å². The van der Waals surface area contributed by atoms with Crippen LogP contribution in [0.25, 0.3) is 0 Å². The van der Waals surface area contributed by atoms with Crippen molar-refractivity contribution in [2.24, 2.45) is 0 Å². The van der Waals surface area contributed by atoms with Gasteiger partial charge in [-0.05, 0) is 86.4 Å². The number of nitrogens with zero attached hydrogens (tertiary/aromatic N) is 1. The molecule has 0 spiro atoms. The minimum absolute atomic E-state index is 0.226. The fourth-order valence-corrected chi connectivity index (χ4v) is 6.15. The monoisotopic (exact) mass is 461 g/mol. The number of halogens is 2. The molecule has 1 aliphatic carbocycles. The van der Waals surface area contributed by atoms with Crippen LogP contribution in [0.1, 0.15) is 60.8 Å². The fourth-order valence-electron chi connectivity index (χ4n) is 6.15. The SMILES string of the molecule is Cc1ccc(C2(O)CCN(C3CCC(c4ccc(F)cc4)(c4ccc(F)cc4)CC3)CC2)cc1. The lowest BCUT2D eigenvalue weighted by Crippen LogP contribution is -2.49. The maximum Gasteiger partial charge on any atom is 0.123 e. The van der Waals surface area contributed by atoms with E-state index in [1.165, 1.54) is 29.8 Å². The third kappa shape index (κ3) is 4.42. The summed E-state index contributed by atoms with van der Waals surface area (Å²) in [4.78, 5) is 2.54. The zero-order valence-electron chi connectivity index (χ0n) is 19.8. The lowest BCUT2D eigenvalue weighted by atomic mass is 9.64. The Bertz CT molecular complexity index is 1040. The summed E-state index contributed by atoms with van der Waals surface area (Å²) >= 11 is 0. The molecule has 1 N–H and O–H groups in total. The van der Waals surface area contributed by atoms with Gasteiger partial charge in [0.1, 0.15) is 11.6 Å². The lowest BCUT2D eigenvalue weighted by molar-refractivity contribution is -0.0408. The number of likely N-dealkylation sites (tertiary alicyclic amines) is 1. The van der Waals surface area contributed by atoms with Crippen LogP contribution in [-0.4, -0.2) is 29.1 Å². The van der Waals surface area contributed by atoms with Gasteiger partial charge in [0.05, 0.1) is 5.60 Å². The first-order valence-corrected chi connectivity index (χ1v) is 12.4. The number of rotatable bonds is 4. The van der Waals surface area contributed by atoms with Gasteiger partial charge >= 0.3 is 0 Å². The van der Waals surface area contributed by atoms with Gasteiger partial charge in [0.25, 0.3) is 0 Å². The molecule has 0 bridgehead atoms. The van der Waals surface area contributed by atoms with Gasteiger partial charge < -0.3 is 10.0 Å². The zero-order valence-corrected chi connectivity index (χ0v) is 19.8. The highest BCUT2D eigenvalue weighted by atomic mass is 19.1. The largest absolute Gasteiger partial charge is 0.385 e. The molecule has 4 heteroatoms. The highest BCUT2D eigenvalue weighted by molar-refractivity contribution is 5.40. The van der Waals surface area contributed by atoms with E-state index < -0.39 is 5.60 Å². The van der Waals surface area contributed by atoms with Gasteiger partial charge in [-0.3, -0.25) is 0 Å². The Labute approximate surface area is 201 Å². The molecule has 1 heterocycles. The maximum atomic E-state index is 13.7. The molecule has 1 aliphatic heterocycles. The first-order chi connectivity index (χ1) is 16.4. The summed E-state index contributed by atoms with van der Waals surface area (Å²) in [7, 11) is 0. The van der Waals surface area contributed by atoms with Crippen molar-refractivity contribution in [2.45, 2.75) is 62.5 Å². The Kier molecular flexibility index (Phi) is 6.30. The van der Waals surface area contributed by atoms with Gasteiger partial charge in [0.2, 0.25) is 0 Å². The fraction of sp³-hybridized carbons (Fsp3) is 0.400. The third-order valence-corrected chi connectivity index (χ3v) is 8.33. The Balaban J connectivity index is 1.30. The molecule has 34 heavy (non-hydrogen) atoms. The molecule has 0 radical (unpaired) electrons. The second kappa shape index (κ2) is 9.24. The van der Waals surface area contributed by atoms with Crippen molar-refractivity contribution in [3.63, 3.8) is 0 Å². The van der Waals surface area contributed by atoms with Crippen LogP contribution in [0, 0.1) is 18.6 Å². The van der Waals surface area contributed by atoms with Gasteiger partial charge in [-0.1, -0.05) is 54.1 Å². The summed E-state index contributed by atoms with van der Waals surface area (Å²) in [5.74, 6) is -0.470.